The first-order chi connectivity index (χ1) is 13.3. The molecule has 0 bridgehead atoms. The van der Waals surface area contributed by atoms with Crippen molar-refractivity contribution in [3.63, 3.8) is 0 Å². The Morgan fingerprint density at radius 1 is 1.11 bits per heavy atom. The SMILES string of the molecule is Cc1nn(-c2cccc(C(F)(F)F)c2)c(Cl)c1[C@H]1NC(=O)c2ccccc2N1. The molecule has 0 radical (unpaired) electrons. The van der Waals surface area contributed by atoms with E-state index in [1.165, 1.54) is 16.8 Å². The van der Waals surface area contributed by atoms with E-state index in [2.05, 4.69) is 15.7 Å². The van der Waals surface area contributed by atoms with Crippen LogP contribution in [0.2, 0.25) is 5.15 Å². The van der Waals surface area contributed by atoms with Crippen LogP contribution in [0.15, 0.2) is 48.5 Å². The Labute approximate surface area is 163 Å². The van der Waals surface area contributed by atoms with Crippen LogP contribution in [0, 0.1) is 6.92 Å². The van der Waals surface area contributed by atoms with Gasteiger partial charge in [-0.25, -0.2) is 4.68 Å². The Kier molecular flexibility index (Phi) is 4.30. The van der Waals surface area contributed by atoms with Crippen LogP contribution in [0.1, 0.15) is 33.3 Å². The van der Waals surface area contributed by atoms with Crippen molar-refractivity contribution in [3.8, 4) is 5.69 Å². The van der Waals surface area contributed by atoms with Crippen molar-refractivity contribution in [1.29, 1.82) is 0 Å². The largest absolute Gasteiger partial charge is 0.416 e. The fraction of sp³-hybridized carbons (Fsp3) is 0.158. The molecule has 2 aromatic carbocycles. The van der Waals surface area contributed by atoms with Gasteiger partial charge in [0.25, 0.3) is 5.91 Å². The molecule has 4 rings (SSSR count). The second-order valence-corrected chi connectivity index (χ2v) is 6.70. The van der Waals surface area contributed by atoms with Gasteiger partial charge in [-0.15, -0.1) is 0 Å². The van der Waals surface area contributed by atoms with Crippen LogP contribution >= 0.6 is 11.6 Å². The summed E-state index contributed by atoms with van der Waals surface area (Å²) in [6.45, 7) is 1.68. The summed E-state index contributed by atoms with van der Waals surface area (Å²) >= 11 is 6.47. The molecule has 0 unspecified atom stereocenters. The minimum atomic E-state index is -4.48. The lowest BCUT2D eigenvalue weighted by atomic mass is 10.1. The predicted octanol–water partition coefficient (Wildman–Crippen LogP) is 4.71. The number of benzene rings is 2. The average Bonchev–Trinajstić information content (AvgIpc) is 2.95. The van der Waals surface area contributed by atoms with E-state index in [0.717, 1.165) is 12.1 Å². The molecule has 0 fully saturated rings. The van der Waals surface area contributed by atoms with E-state index in [1.807, 2.05) is 0 Å². The molecule has 9 heteroatoms. The molecule has 0 aliphatic carbocycles. The fourth-order valence-corrected chi connectivity index (χ4v) is 3.56. The summed E-state index contributed by atoms with van der Waals surface area (Å²) < 4.78 is 40.3. The number of hydrogen-bond acceptors (Lipinski definition) is 3. The lowest BCUT2D eigenvalue weighted by Gasteiger charge is -2.27. The summed E-state index contributed by atoms with van der Waals surface area (Å²) in [4.78, 5) is 12.4. The number of fused-ring (bicyclic) bond motifs is 1. The number of aryl methyl sites for hydroxylation is 1. The zero-order valence-corrected chi connectivity index (χ0v) is 15.3. The number of hydrogen-bond donors (Lipinski definition) is 2. The smallest absolute Gasteiger partial charge is 0.361 e. The minimum Gasteiger partial charge on any atom is -0.361 e. The third-order valence-corrected chi connectivity index (χ3v) is 4.87. The first kappa shape index (κ1) is 18.4. The van der Waals surface area contributed by atoms with E-state index >= 15 is 0 Å². The van der Waals surface area contributed by atoms with E-state index < -0.39 is 17.9 Å². The van der Waals surface area contributed by atoms with Gasteiger partial charge in [0.15, 0.2) is 0 Å². The monoisotopic (exact) mass is 406 g/mol. The molecular weight excluding hydrogens is 393 g/mol. The van der Waals surface area contributed by atoms with Gasteiger partial charge in [-0.1, -0.05) is 29.8 Å². The van der Waals surface area contributed by atoms with E-state index in [0.29, 0.717) is 22.5 Å². The Morgan fingerprint density at radius 3 is 2.61 bits per heavy atom. The van der Waals surface area contributed by atoms with Gasteiger partial charge in [-0.05, 0) is 37.3 Å². The molecule has 0 saturated heterocycles. The summed E-state index contributed by atoms with van der Waals surface area (Å²) in [6.07, 6.45) is -5.13. The number of para-hydroxylation sites is 1. The second-order valence-electron chi connectivity index (χ2n) is 6.35. The number of aromatic nitrogens is 2. The predicted molar refractivity (Wildman–Crippen MR) is 98.6 cm³/mol. The van der Waals surface area contributed by atoms with Crippen LogP contribution in [0.5, 0.6) is 0 Å². The molecule has 144 valence electrons. The van der Waals surface area contributed by atoms with Crippen LogP contribution < -0.4 is 10.6 Å². The molecule has 0 saturated carbocycles. The summed E-state index contributed by atoms with van der Waals surface area (Å²) in [6, 6.07) is 11.7. The van der Waals surface area contributed by atoms with Crippen molar-refractivity contribution in [2.75, 3.05) is 5.32 Å². The van der Waals surface area contributed by atoms with Crippen molar-refractivity contribution < 1.29 is 18.0 Å². The molecule has 1 amide bonds. The molecule has 28 heavy (non-hydrogen) atoms. The van der Waals surface area contributed by atoms with Crippen LogP contribution in [-0.4, -0.2) is 15.7 Å². The van der Waals surface area contributed by atoms with Crippen LogP contribution in [0.25, 0.3) is 5.69 Å². The van der Waals surface area contributed by atoms with Crippen LogP contribution in [0.3, 0.4) is 0 Å². The van der Waals surface area contributed by atoms with Crippen molar-refractivity contribution >= 4 is 23.2 Å². The molecule has 1 aliphatic rings. The number of anilines is 1. The Balaban J connectivity index is 1.75. The number of amides is 1. The van der Waals surface area contributed by atoms with Gasteiger partial charge < -0.3 is 10.6 Å². The van der Waals surface area contributed by atoms with Gasteiger partial charge in [0.1, 0.15) is 11.3 Å². The minimum absolute atomic E-state index is 0.119. The summed E-state index contributed by atoms with van der Waals surface area (Å²) in [5.41, 5.74) is 1.49. The maximum atomic E-state index is 13.0. The molecule has 0 spiro atoms. The molecule has 3 aromatic rings. The van der Waals surface area contributed by atoms with E-state index in [4.69, 9.17) is 11.6 Å². The maximum absolute atomic E-state index is 13.0. The number of carbonyl (C=O) groups excluding carboxylic acids is 1. The van der Waals surface area contributed by atoms with E-state index in [9.17, 15) is 18.0 Å². The van der Waals surface area contributed by atoms with Crippen molar-refractivity contribution in [2.24, 2.45) is 0 Å². The number of nitrogens with one attached hydrogen (secondary N) is 2. The fourth-order valence-electron chi connectivity index (χ4n) is 3.18. The maximum Gasteiger partial charge on any atom is 0.416 e. The summed E-state index contributed by atoms with van der Waals surface area (Å²) in [5, 5.41) is 10.4. The van der Waals surface area contributed by atoms with Crippen molar-refractivity contribution in [2.45, 2.75) is 19.3 Å². The number of rotatable bonds is 2. The number of nitrogens with zero attached hydrogens (tertiary/aromatic N) is 2. The highest BCUT2D eigenvalue weighted by molar-refractivity contribution is 6.30. The first-order valence-corrected chi connectivity index (χ1v) is 8.72. The zero-order valence-electron chi connectivity index (χ0n) is 14.5. The lowest BCUT2D eigenvalue weighted by Crippen LogP contribution is -2.38. The van der Waals surface area contributed by atoms with Gasteiger partial charge in [0, 0.05) is 5.69 Å². The lowest BCUT2D eigenvalue weighted by molar-refractivity contribution is -0.137. The van der Waals surface area contributed by atoms with Crippen LogP contribution in [-0.2, 0) is 6.18 Å². The van der Waals surface area contributed by atoms with Crippen LogP contribution in [0.4, 0.5) is 18.9 Å². The van der Waals surface area contributed by atoms with Gasteiger partial charge in [0.2, 0.25) is 0 Å². The van der Waals surface area contributed by atoms with E-state index in [1.54, 1.807) is 31.2 Å². The van der Waals surface area contributed by atoms with Gasteiger partial charge >= 0.3 is 6.18 Å². The molecule has 2 N–H and O–H groups in total. The molecule has 2 heterocycles. The topological polar surface area (TPSA) is 59.0 Å². The van der Waals surface area contributed by atoms with Crippen molar-refractivity contribution in [1.82, 2.24) is 15.1 Å². The number of alkyl halides is 3. The van der Waals surface area contributed by atoms with Gasteiger partial charge in [0.05, 0.1) is 28.1 Å². The van der Waals surface area contributed by atoms with Crippen molar-refractivity contribution in [3.05, 3.63) is 76.1 Å². The van der Waals surface area contributed by atoms with E-state index in [-0.39, 0.29) is 16.7 Å². The number of halogens is 4. The third-order valence-electron chi connectivity index (χ3n) is 4.50. The quantitative estimate of drug-likeness (QED) is 0.648. The molecule has 1 aliphatic heterocycles. The highest BCUT2D eigenvalue weighted by Gasteiger charge is 2.32. The molecule has 1 aromatic heterocycles. The van der Waals surface area contributed by atoms with Gasteiger partial charge in [-0.3, -0.25) is 4.79 Å². The zero-order chi connectivity index (χ0) is 20.1. The average molecular weight is 407 g/mol. The summed E-state index contributed by atoms with van der Waals surface area (Å²) in [5.74, 6) is -0.276. The normalized spacial score (nSPS) is 16.3. The summed E-state index contributed by atoms with van der Waals surface area (Å²) in [7, 11) is 0. The Morgan fingerprint density at radius 2 is 1.86 bits per heavy atom. The number of carbonyl (C=O) groups is 1. The highest BCUT2D eigenvalue weighted by Crippen LogP contribution is 2.35. The standard InChI is InChI=1S/C19H14ClF3N4O/c1-10-15(17-24-14-8-3-2-7-13(14)18(28)25-17)16(20)27(26-10)12-6-4-5-11(9-12)19(21,22)23/h2-9,17,24H,1H3,(H,25,28)/t17-/m1/s1. The van der Waals surface area contributed by atoms with Gasteiger partial charge in [-0.2, -0.15) is 18.3 Å². The molecule has 1 atom stereocenters. The molecular formula is C19H14ClF3N4O. The molecule has 5 nitrogen and oxygen atoms in total. The second kappa shape index (κ2) is 6.56. The Hall–Kier alpha value is -3.00. The Bertz CT molecular complexity index is 1080. The first-order valence-electron chi connectivity index (χ1n) is 8.35. The highest BCUT2D eigenvalue weighted by atomic mass is 35.5. The third kappa shape index (κ3) is 3.09.